The molecule has 3 heterocycles. The van der Waals surface area contributed by atoms with E-state index in [2.05, 4.69) is 24.0 Å². The van der Waals surface area contributed by atoms with Crippen molar-refractivity contribution in [2.24, 2.45) is 5.92 Å². The molecule has 1 fully saturated rings. The summed E-state index contributed by atoms with van der Waals surface area (Å²) in [6.45, 7) is 8.90. The predicted molar refractivity (Wildman–Crippen MR) is 183 cm³/mol. The molecule has 4 aromatic rings. The van der Waals surface area contributed by atoms with Crippen molar-refractivity contribution in [2.75, 3.05) is 18.1 Å². The van der Waals surface area contributed by atoms with Crippen LogP contribution in [-0.2, 0) is 21.8 Å². The number of nitrogens with zero attached hydrogens (tertiary/aromatic N) is 3. The van der Waals surface area contributed by atoms with Gasteiger partial charge in [0.1, 0.15) is 23.4 Å². The van der Waals surface area contributed by atoms with Gasteiger partial charge in [-0.2, -0.15) is 0 Å². The quantitative estimate of drug-likeness (QED) is 0.0525. The van der Waals surface area contributed by atoms with Crippen molar-refractivity contribution in [1.29, 1.82) is 0 Å². The molecule has 0 spiro atoms. The van der Waals surface area contributed by atoms with Crippen molar-refractivity contribution in [2.45, 2.75) is 62.8 Å². The van der Waals surface area contributed by atoms with E-state index in [0.29, 0.717) is 63.8 Å². The Balaban J connectivity index is 1.41. The normalized spacial score (nSPS) is 18.3. The van der Waals surface area contributed by atoms with Crippen LogP contribution in [0.5, 0.6) is 17.2 Å². The van der Waals surface area contributed by atoms with Crippen molar-refractivity contribution >= 4 is 45.7 Å². The molecule has 2 aliphatic heterocycles. The first-order valence-corrected chi connectivity index (χ1v) is 17.6. The van der Waals surface area contributed by atoms with Crippen LogP contribution in [0.4, 0.5) is 9.52 Å². The molecule has 0 radical (unpaired) electrons. The summed E-state index contributed by atoms with van der Waals surface area (Å²) in [6.07, 6.45) is 1.50. The van der Waals surface area contributed by atoms with E-state index in [9.17, 15) is 19.1 Å². The fraction of sp³-hybridized carbons (Fsp3) is 0.333. The van der Waals surface area contributed by atoms with Gasteiger partial charge in [-0.25, -0.2) is 4.39 Å². The average Bonchev–Trinajstić information content (AvgIpc) is 3.75. The van der Waals surface area contributed by atoms with E-state index in [1.807, 2.05) is 13.8 Å². The number of halogens is 1. The molecule has 0 aliphatic carbocycles. The zero-order valence-electron chi connectivity index (χ0n) is 27.1. The summed E-state index contributed by atoms with van der Waals surface area (Å²) < 4.78 is 32.6. The first-order chi connectivity index (χ1) is 23.1. The van der Waals surface area contributed by atoms with Crippen molar-refractivity contribution in [3.63, 3.8) is 0 Å². The number of hydrogen-bond acceptors (Lipinski definition) is 10. The molecule has 1 saturated heterocycles. The molecule has 1 N–H and O–H groups in total. The van der Waals surface area contributed by atoms with E-state index in [1.165, 1.54) is 22.7 Å². The van der Waals surface area contributed by atoms with Crippen molar-refractivity contribution in [3.8, 4) is 17.2 Å². The fourth-order valence-electron chi connectivity index (χ4n) is 5.67. The minimum Gasteiger partial charge on any atom is -0.507 e. The van der Waals surface area contributed by atoms with Gasteiger partial charge in [0.05, 0.1) is 24.8 Å². The molecule has 12 heteroatoms. The lowest BCUT2D eigenvalue weighted by atomic mass is 9.94. The Bertz CT molecular complexity index is 1880. The van der Waals surface area contributed by atoms with Crippen LogP contribution in [0.3, 0.4) is 0 Å². The van der Waals surface area contributed by atoms with Gasteiger partial charge in [-0.1, -0.05) is 61.2 Å². The third-order valence-electron chi connectivity index (χ3n) is 8.06. The highest BCUT2D eigenvalue weighted by molar-refractivity contribution is 8.00. The number of aliphatic hydroxyl groups is 1. The van der Waals surface area contributed by atoms with Crippen molar-refractivity contribution in [3.05, 3.63) is 94.3 Å². The monoisotopic (exact) mass is 689 g/mol. The van der Waals surface area contributed by atoms with Gasteiger partial charge in [0.2, 0.25) is 5.13 Å². The highest BCUT2D eigenvalue weighted by Gasteiger charge is 2.48. The minimum atomic E-state index is -1.05. The van der Waals surface area contributed by atoms with Crippen LogP contribution in [0.1, 0.15) is 62.4 Å². The fourth-order valence-corrected chi connectivity index (χ4v) is 7.52. The Morgan fingerprint density at radius 1 is 1.10 bits per heavy atom. The number of aliphatic hydroxyl groups excluding tert-OH is 1. The molecule has 9 nitrogen and oxygen atoms in total. The van der Waals surface area contributed by atoms with Crippen LogP contribution in [0.2, 0.25) is 0 Å². The summed E-state index contributed by atoms with van der Waals surface area (Å²) in [7, 11) is 0. The number of fused-ring (bicyclic) bond motifs is 1. The molecular formula is C36H36FN3O6S2. The molecule has 0 saturated carbocycles. The lowest BCUT2D eigenvalue weighted by Gasteiger charge is -2.24. The number of carbonyl (C=O) groups is 2. The standard InChI is InChI=1S/C36H36FN3O6S2/c1-5-44-29-18-22(10-13-28(29)45-15-14-20(2)3)31-30(32(41)23-11-12-27-25(17-23)16-21(4)46-27)33(42)34(43)40(31)35-38-39-36(48-35)47-19-24-8-6-7-9-26(24)37/h6-13,17-18,20-21,31,41H,5,14-16,19H2,1-4H3/b32-30+/t21-,31+/m1/s1. The van der Waals surface area contributed by atoms with Gasteiger partial charge in [0, 0.05) is 17.7 Å². The number of hydrogen-bond donors (Lipinski definition) is 1. The highest BCUT2D eigenvalue weighted by atomic mass is 32.2. The first kappa shape index (κ1) is 33.5. The van der Waals surface area contributed by atoms with Crippen molar-refractivity contribution in [1.82, 2.24) is 10.2 Å². The SMILES string of the molecule is CCOc1cc([C@H]2/C(=C(\O)c3ccc4c(c3)C[C@@H](C)O4)C(=O)C(=O)N2c2nnc(SCc3ccccc3F)s2)ccc1OCCC(C)C. The Kier molecular flexibility index (Phi) is 10.0. The molecule has 2 aliphatic rings. The number of aromatic nitrogens is 2. The molecule has 48 heavy (non-hydrogen) atoms. The molecule has 1 amide bonds. The zero-order chi connectivity index (χ0) is 33.9. The Morgan fingerprint density at radius 3 is 2.69 bits per heavy atom. The number of amides is 1. The van der Waals surface area contributed by atoms with Gasteiger partial charge >= 0.3 is 5.91 Å². The largest absolute Gasteiger partial charge is 0.507 e. The maximum Gasteiger partial charge on any atom is 0.301 e. The van der Waals surface area contributed by atoms with E-state index in [0.717, 1.165) is 29.1 Å². The second-order valence-corrected chi connectivity index (χ2v) is 14.2. The first-order valence-electron chi connectivity index (χ1n) is 15.8. The lowest BCUT2D eigenvalue weighted by molar-refractivity contribution is -0.132. The Labute approximate surface area is 286 Å². The third kappa shape index (κ3) is 6.91. The number of rotatable bonds is 12. The molecule has 0 bridgehead atoms. The number of Topliss-reactive ketones (excluding diaryl/α,β-unsaturated/α-hetero) is 1. The molecular weight excluding hydrogens is 654 g/mol. The van der Waals surface area contributed by atoms with Crippen LogP contribution in [-0.4, -0.2) is 46.3 Å². The molecule has 6 rings (SSSR count). The number of anilines is 1. The van der Waals surface area contributed by atoms with Crippen LogP contribution >= 0.6 is 23.1 Å². The molecule has 250 valence electrons. The van der Waals surface area contributed by atoms with Gasteiger partial charge in [-0.15, -0.1) is 10.2 Å². The summed E-state index contributed by atoms with van der Waals surface area (Å²) >= 11 is 2.39. The van der Waals surface area contributed by atoms with E-state index in [-0.39, 0.29) is 28.4 Å². The lowest BCUT2D eigenvalue weighted by Crippen LogP contribution is -2.29. The summed E-state index contributed by atoms with van der Waals surface area (Å²) in [5.41, 5.74) is 2.24. The average molecular weight is 690 g/mol. The summed E-state index contributed by atoms with van der Waals surface area (Å²) in [6, 6.07) is 15.9. The van der Waals surface area contributed by atoms with Gasteiger partial charge in [0.15, 0.2) is 15.8 Å². The zero-order valence-corrected chi connectivity index (χ0v) is 28.7. The Hall–Kier alpha value is -4.42. The molecule has 0 unspecified atom stereocenters. The second-order valence-electron chi connectivity index (χ2n) is 12.0. The van der Waals surface area contributed by atoms with Crippen LogP contribution < -0.4 is 19.1 Å². The summed E-state index contributed by atoms with van der Waals surface area (Å²) in [5, 5.41) is 20.4. The van der Waals surface area contributed by atoms with E-state index < -0.39 is 17.7 Å². The summed E-state index contributed by atoms with van der Waals surface area (Å²) in [5.74, 6) is 0.132. The smallest absolute Gasteiger partial charge is 0.301 e. The number of benzene rings is 3. The van der Waals surface area contributed by atoms with Gasteiger partial charge < -0.3 is 19.3 Å². The van der Waals surface area contributed by atoms with Crippen LogP contribution in [0, 0.1) is 11.7 Å². The third-order valence-corrected chi connectivity index (χ3v) is 10.2. The second kappa shape index (κ2) is 14.4. The number of thioether (sulfide) groups is 1. The van der Waals surface area contributed by atoms with Crippen LogP contribution in [0.25, 0.3) is 5.76 Å². The predicted octanol–water partition coefficient (Wildman–Crippen LogP) is 7.74. The van der Waals surface area contributed by atoms with Gasteiger partial charge in [-0.3, -0.25) is 14.5 Å². The van der Waals surface area contributed by atoms with Crippen molar-refractivity contribution < 1.29 is 33.3 Å². The molecule has 1 aromatic heterocycles. The minimum absolute atomic E-state index is 0.0101. The topological polar surface area (TPSA) is 111 Å². The molecule has 3 aromatic carbocycles. The van der Waals surface area contributed by atoms with E-state index in [4.69, 9.17) is 14.2 Å². The van der Waals surface area contributed by atoms with Gasteiger partial charge in [0.25, 0.3) is 5.78 Å². The van der Waals surface area contributed by atoms with Crippen LogP contribution in [0.15, 0.2) is 70.6 Å². The number of ether oxygens (including phenoxy) is 3. The maximum absolute atomic E-state index is 14.3. The Morgan fingerprint density at radius 2 is 1.92 bits per heavy atom. The summed E-state index contributed by atoms with van der Waals surface area (Å²) in [4.78, 5) is 28.9. The van der Waals surface area contributed by atoms with E-state index >= 15 is 0 Å². The number of carbonyl (C=O) groups excluding carboxylic acids is 2. The number of ketones is 1. The van der Waals surface area contributed by atoms with Gasteiger partial charge in [-0.05, 0) is 79.3 Å². The molecule has 2 atom stereocenters. The highest BCUT2D eigenvalue weighted by Crippen LogP contribution is 2.46. The maximum atomic E-state index is 14.3. The van der Waals surface area contributed by atoms with E-state index in [1.54, 1.807) is 54.6 Å².